The summed E-state index contributed by atoms with van der Waals surface area (Å²) in [5, 5.41) is 0. The maximum atomic E-state index is 10.1. The monoisotopic (exact) mass is 292 g/mol. The van der Waals surface area contributed by atoms with Crippen LogP contribution in [-0.2, 0) is 55.7 Å². The van der Waals surface area contributed by atoms with Crippen molar-refractivity contribution in [2.45, 2.75) is 0 Å². The second-order valence-corrected chi connectivity index (χ2v) is 4.74. The van der Waals surface area contributed by atoms with E-state index in [0.29, 0.717) is 0 Å². The van der Waals surface area contributed by atoms with Crippen molar-refractivity contribution in [3.05, 3.63) is 0 Å². The zero-order valence-corrected chi connectivity index (χ0v) is 9.64. The second-order valence-electron chi connectivity index (χ2n) is 1.13. The number of phosphoric acid groups is 2. The van der Waals surface area contributed by atoms with E-state index in [1.807, 2.05) is 0 Å². The molecule has 1 atom stereocenters. The van der Waals surface area contributed by atoms with Gasteiger partial charge in [0.25, 0.3) is 0 Å². The van der Waals surface area contributed by atoms with Gasteiger partial charge in [-0.05, 0) is 0 Å². The molecule has 0 rings (SSSR count). The van der Waals surface area contributed by atoms with Crippen LogP contribution in [0.3, 0.4) is 0 Å². The molecular weight excluding hydrogens is 292 g/mol. The van der Waals surface area contributed by atoms with Gasteiger partial charge in [0.05, 0.1) is 0 Å². The van der Waals surface area contributed by atoms with Crippen molar-refractivity contribution in [3.8, 4) is 0 Å². The average Bonchev–Trinajstić information content (AvgIpc) is 1.55. The van der Waals surface area contributed by atoms with E-state index in [9.17, 15) is 27.5 Å². The summed E-state index contributed by atoms with van der Waals surface area (Å²) in [6, 6.07) is 0. The predicted molar refractivity (Wildman–Crippen MR) is 18.1 cm³/mol. The van der Waals surface area contributed by atoms with E-state index >= 15 is 0 Å². The van der Waals surface area contributed by atoms with Crippen LogP contribution in [0, 0.1) is 0 Å². The van der Waals surface area contributed by atoms with Crippen LogP contribution in [0.25, 0.3) is 0 Å². The van der Waals surface area contributed by atoms with E-state index in [1.165, 1.54) is 0 Å². The third kappa shape index (κ3) is 9.32. The van der Waals surface area contributed by atoms with Crippen LogP contribution in [0.2, 0.25) is 0 Å². The second kappa shape index (κ2) is 5.85. The van der Waals surface area contributed by atoms with Gasteiger partial charge in [0, 0.05) is 0 Å². The summed E-state index contributed by atoms with van der Waals surface area (Å²) in [5.41, 5.74) is 0. The Morgan fingerprint density at radius 3 is 1.83 bits per heavy atom. The van der Waals surface area contributed by atoms with Crippen LogP contribution in [0.5, 0.6) is 0 Å². The van der Waals surface area contributed by atoms with Crippen LogP contribution in [0.1, 0.15) is 0 Å². The Morgan fingerprint density at radius 2 is 1.58 bits per heavy atom. The Labute approximate surface area is 86.0 Å². The number of hydrogen-bond acceptors (Lipinski definition) is 8. The minimum Gasteiger partial charge on any atom is 3.00 e. The minimum absolute atomic E-state index is 0. The largest absolute Gasteiger partial charge is 3.00 e. The molecule has 0 amide bonds. The van der Waals surface area contributed by atoms with Crippen LogP contribution < -0.4 is 14.7 Å². The summed E-state index contributed by atoms with van der Waals surface area (Å²) >= 11 is -2.26. The van der Waals surface area contributed by atoms with Crippen LogP contribution >= 0.6 is 15.6 Å². The maximum absolute atomic E-state index is 10.1. The summed E-state index contributed by atoms with van der Waals surface area (Å²) in [4.78, 5) is 29.3. The fourth-order valence-corrected chi connectivity index (χ4v) is 2.16. The molecule has 0 aliphatic carbocycles. The molecule has 8 nitrogen and oxygen atoms in total. The molecule has 0 heterocycles. The molecule has 1 unspecified atom stereocenters. The van der Waals surface area contributed by atoms with Crippen molar-refractivity contribution in [1.29, 1.82) is 0 Å². The molecule has 0 aromatic rings. The van der Waals surface area contributed by atoms with Gasteiger partial charge in [-0.2, -0.15) is 0 Å². The molecule has 12 heavy (non-hydrogen) atoms. The first kappa shape index (κ1) is 15.7. The summed E-state index contributed by atoms with van der Waals surface area (Å²) < 4.78 is 35.5. The Kier molecular flexibility index (Phi) is 7.65. The van der Waals surface area contributed by atoms with E-state index in [1.54, 1.807) is 0 Å². The molecule has 0 aromatic heterocycles. The molecule has 68 valence electrons. The van der Waals surface area contributed by atoms with E-state index in [4.69, 9.17) is 0 Å². The van der Waals surface area contributed by atoms with Crippen molar-refractivity contribution in [2.24, 2.45) is 0 Å². The SMILES string of the molecule is [O]=[V][O]P(=O)([O-])OP(=O)([O-])[O-].[V+3]. The molecule has 0 N–H and O–H groups in total. The third-order valence-corrected chi connectivity index (χ3v) is 3.45. The van der Waals surface area contributed by atoms with E-state index < -0.39 is 32.2 Å². The summed E-state index contributed by atoms with van der Waals surface area (Å²) in [5.74, 6) is 0. The van der Waals surface area contributed by atoms with Gasteiger partial charge < -0.3 is 0 Å². The molecule has 0 spiro atoms. The third-order valence-electron chi connectivity index (χ3n) is 0.333. The quantitative estimate of drug-likeness (QED) is 0.525. The van der Waals surface area contributed by atoms with Crippen molar-refractivity contribution in [1.82, 2.24) is 0 Å². The van der Waals surface area contributed by atoms with Gasteiger partial charge in [-0.15, -0.1) is 0 Å². The molecule has 0 saturated carbocycles. The topological polar surface area (TPSA) is 139 Å². The predicted octanol–water partition coefficient (Wildman–Crippen LogP) is -2.34. The van der Waals surface area contributed by atoms with Crippen LogP contribution in [0.15, 0.2) is 0 Å². The minimum atomic E-state index is -5.64. The standard InChI is InChI=1S/H4O7P2.O.2V/c1-8(2,3)7-9(4,5)6;;;/h(H2,1,2,3)(H2,4,5,6);;;/q;;+1;+3/p-4. The fourth-order valence-electron chi connectivity index (χ4n) is 0.178. The summed E-state index contributed by atoms with van der Waals surface area (Å²) in [6.45, 7) is 0. The first-order chi connectivity index (χ1) is 4.77. The molecule has 0 bridgehead atoms. The normalized spacial score (nSPS) is 15.9. The van der Waals surface area contributed by atoms with Crippen molar-refractivity contribution in [3.63, 3.8) is 0 Å². The molecule has 0 radical (unpaired) electrons. The summed E-state index contributed by atoms with van der Waals surface area (Å²) in [6.07, 6.45) is 0. The van der Waals surface area contributed by atoms with Crippen LogP contribution in [0.4, 0.5) is 0 Å². The van der Waals surface area contributed by atoms with Crippen molar-refractivity contribution < 1.29 is 70.4 Å². The molecule has 0 aliphatic heterocycles. The molecule has 12 heteroatoms. The zero-order valence-electron chi connectivity index (χ0n) is 5.05. The first-order valence-corrected chi connectivity index (χ1v) is 5.89. The molecule has 0 fully saturated rings. The van der Waals surface area contributed by atoms with E-state index in [0.717, 1.165) is 0 Å². The average molecular weight is 292 g/mol. The summed E-state index contributed by atoms with van der Waals surface area (Å²) in [7, 11) is -10.9. The van der Waals surface area contributed by atoms with E-state index in [-0.39, 0.29) is 18.6 Å². The van der Waals surface area contributed by atoms with Gasteiger partial charge in [0.1, 0.15) is 0 Å². The van der Waals surface area contributed by atoms with Gasteiger partial charge in [-0.3, -0.25) is 0 Å². The number of rotatable bonds is 4. The van der Waals surface area contributed by atoms with Gasteiger partial charge in [-0.1, -0.05) is 0 Å². The molecule has 0 saturated heterocycles. The van der Waals surface area contributed by atoms with Crippen molar-refractivity contribution >= 4 is 15.6 Å². The molecular formula is O8P2V2. The molecule has 0 aliphatic rings. The van der Waals surface area contributed by atoms with Crippen LogP contribution in [-0.4, -0.2) is 0 Å². The first-order valence-electron chi connectivity index (χ1n) is 1.83. The van der Waals surface area contributed by atoms with Gasteiger partial charge in [-0.25, -0.2) is 0 Å². The van der Waals surface area contributed by atoms with Gasteiger partial charge in [0.2, 0.25) is 0 Å². The Bertz CT molecular complexity index is 227. The van der Waals surface area contributed by atoms with Gasteiger partial charge in [0.15, 0.2) is 0 Å². The number of hydrogen-bond donors (Lipinski definition) is 0. The smallest absolute Gasteiger partial charge is 3.00 e. The van der Waals surface area contributed by atoms with Gasteiger partial charge >= 0.3 is 86.0 Å². The fraction of sp³-hybridized carbons (Fsp3) is 0. The van der Waals surface area contributed by atoms with Crippen molar-refractivity contribution in [2.75, 3.05) is 0 Å². The maximum Gasteiger partial charge on any atom is 3.00 e. The van der Waals surface area contributed by atoms with E-state index in [2.05, 4.69) is 7.76 Å². The Balaban J connectivity index is 0. The molecule has 0 aromatic carbocycles. The Hall–Kier alpha value is 1.23. The Morgan fingerprint density at radius 1 is 1.17 bits per heavy atom. The zero-order chi connectivity index (χ0) is 9.12.